The third-order valence-electron chi connectivity index (χ3n) is 2.52. The number of benzene rings is 2. The van der Waals surface area contributed by atoms with Crippen molar-refractivity contribution in [2.24, 2.45) is 5.73 Å². The van der Waals surface area contributed by atoms with Crippen LogP contribution in [0.1, 0.15) is 18.5 Å². The summed E-state index contributed by atoms with van der Waals surface area (Å²) in [5.74, 6) is 0. The van der Waals surface area contributed by atoms with Gasteiger partial charge in [-0.15, -0.1) is 0 Å². The van der Waals surface area contributed by atoms with Gasteiger partial charge in [0.25, 0.3) is 0 Å². The molecule has 0 fully saturated rings. The second kappa shape index (κ2) is 6.11. The summed E-state index contributed by atoms with van der Waals surface area (Å²) in [6.07, 6.45) is 0. The Hall–Kier alpha value is -0.480. The lowest BCUT2D eigenvalue weighted by Crippen LogP contribution is -2.04. The van der Waals surface area contributed by atoms with Gasteiger partial charge in [0, 0.05) is 25.3 Å². The van der Waals surface area contributed by atoms with Gasteiger partial charge in [0.15, 0.2) is 0 Å². The van der Waals surface area contributed by atoms with E-state index in [4.69, 9.17) is 17.3 Å². The summed E-state index contributed by atoms with van der Waals surface area (Å²) in [6, 6.07) is 14.1. The van der Waals surface area contributed by atoms with Crippen LogP contribution in [0.3, 0.4) is 0 Å². The summed E-state index contributed by atoms with van der Waals surface area (Å²) >= 11 is 11.2. The maximum absolute atomic E-state index is 5.87. The van der Waals surface area contributed by atoms with Crippen molar-refractivity contribution in [3.63, 3.8) is 0 Å². The first kappa shape index (κ1) is 13.9. The molecule has 0 aliphatic heterocycles. The maximum atomic E-state index is 5.87. The van der Waals surface area contributed by atoms with Gasteiger partial charge in [0.1, 0.15) is 0 Å². The van der Waals surface area contributed by atoms with E-state index in [-0.39, 0.29) is 6.04 Å². The van der Waals surface area contributed by atoms with Crippen molar-refractivity contribution in [3.05, 3.63) is 57.5 Å². The lowest BCUT2D eigenvalue weighted by Gasteiger charge is -2.09. The smallest absolute Gasteiger partial charge is 0.0406 e. The molecule has 2 rings (SSSR count). The van der Waals surface area contributed by atoms with Gasteiger partial charge in [-0.1, -0.05) is 29.4 Å². The molecule has 1 nitrogen and oxygen atoms in total. The molecule has 0 spiro atoms. The summed E-state index contributed by atoms with van der Waals surface area (Å²) in [4.78, 5) is 2.33. The fraction of sp³-hybridized carbons (Fsp3) is 0.143. The highest BCUT2D eigenvalue weighted by Crippen LogP contribution is 2.35. The molecule has 18 heavy (non-hydrogen) atoms. The van der Waals surface area contributed by atoms with E-state index in [0.29, 0.717) is 0 Å². The van der Waals surface area contributed by atoms with Crippen LogP contribution in [0.4, 0.5) is 0 Å². The molecule has 0 amide bonds. The molecule has 0 saturated carbocycles. The number of hydrogen-bond donors (Lipinski definition) is 1. The summed E-state index contributed by atoms with van der Waals surface area (Å²) in [5.41, 5.74) is 6.99. The predicted molar refractivity (Wildman–Crippen MR) is 82.3 cm³/mol. The van der Waals surface area contributed by atoms with Crippen LogP contribution >= 0.6 is 39.3 Å². The second-order valence-corrected chi connectivity index (χ2v) is 6.44. The predicted octanol–water partition coefficient (Wildman–Crippen LogP) is 5.27. The van der Waals surface area contributed by atoms with E-state index in [1.165, 1.54) is 4.90 Å². The van der Waals surface area contributed by atoms with E-state index in [1.54, 1.807) is 11.8 Å². The molecule has 4 heteroatoms. The number of nitrogens with two attached hydrogens (primary N) is 1. The molecule has 0 unspecified atom stereocenters. The second-order valence-electron chi connectivity index (χ2n) is 4.03. The molecule has 2 N–H and O–H groups in total. The van der Waals surface area contributed by atoms with E-state index < -0.39 is 0 Å². The van der Waals surface area contributed by atoms with Crippen molar-refractivity contribution >= 4 is 39.3 Å². The van der Waals surface area contributed by atoms with Crippen LogP contribution in [-0.4, -0.2) is 0 Å². The zero-order valence-electron chi connectivity index (χ0n) is 9.86. The average molecular weight is 343 g/mol. The monoisotopic (exact) mass is 341 g/mol. The average Bonchev–Trinajstić information content (AvgIpc) is 2.34. The SMILES string of the molecule is C[C@H](N)c1ccc(Sc2ccc(Cl)cc2)c(Br)c1. The van der Waals surface area contributed by atoms with Crippen molar-refractivity contribution in [2.45, 2.75) is 22.8 Å². The molecule has 0 bridgehead atoms. The van der Waals surface area contributed by atoms with E-state index in [9.17, 15) is 0 Å². The third kappa shape index (κ3) is 3.51. The van der Waals surface area contributed by atoms with Gasteiger partial charge in [-0.2, -0.15) is 0 Å². The summed E-state index contributed by atoms with van der Waals surface area (Å²) < 4.78 is 1.07. The van der Waals surface area contributed by atoms with E-state index >= 15 is 0 Å². The zero-order chi connectivity index (χ0) is 13.1. The summed E-state index contributed by atoms with van der Waals surface area (Å²) in [6.45, 7) is 1.98. The number of halogens is 2. The minimum atomic E-state index is 0.0517. The van der Waals surface area contributed by atoms with Crippen molar-refractivity contribution in [1.82, 2.24) is 0 Å². The van der Waals surface area contributed by atoms with Gasteiger partial charge < -0.3 is 5.73 Å². The standard InChI is InChI=1S/C14H13BrClNS/c1-9(17)10-2-7-14(13(15)8-10)18-12-5-3-11(16)4-6-12/h2-9H,17H2,1H3/t9-/m0/s1. The Morgan fingerprint density at radius 1 is 1.17 bits per heavy atom. The fourth-order valence-electron chi connectivity index (χ4n) is 1.51. The molecule has 0 saturated heterocycles. The Labute approximate surface area is 125 Å². The van der Waals surface area contributed by atoms with Crippen LogP contribution in [0.2, 0.25) is 5.02 Å². The minimum Gasteiger partial charge on any atom is -0.324 e. The maximum Gasteiger partial charge on any atom is 0.0406 e. The molecular weight excluding hydrogens is 330 g/mol. The van der Waals surface area contributed by atoms with Crippen LogP contribution in [-0.2, 0) is 0 Å². The molecule has 94 valence electrons. The van der Waals surface area contributed by atoms with Crippen molar-refractivity contribution in [3.8, 4) is 0 Å². The van der Waals surface area contributed by atoms with Gasteiger partial charge in [-0.3, -0.25) is 0 Å². The topological polar surface area (TPSA) is 26.0 Å². The molecular formula is C14H13BrClNS. The molecule has 0 aromatic heterocycles. The van der Waals surface area contributed by atoms with Crippen LogP contribution < -0.4 is 5.73 Å². The first-order valence-electron chi connectivity index (χ1n) is 5.54. The summed E-state index contributed by atoms with van der Waals surface area (Å²) in [7, 11) is 0. The van der Waals surface area contributed by atoms with Crippen LogP contribution in [0.25, 0.3) is 0 Å². The molecule has 0 heterocycles. The Kier molecular flexibility index (Phi) is 4.73. The van der Waals surface area contributed by atoms with Crippen LogP contribution in [0.15, 0.2) is 56.7 Å². The summed E-state index contributed by atoms with van der Waals surface area (Å²) in [5, 5.41) is 0.755. The Morgan fingerprint density at radius 2 is 1.83 bits per heavy atom. The lowest BCUT2D eigenvalue weighted by molar-refractivity contribution is 0.815. The highest BCUT2D eigenvalue weighted by Gasteiger charge is 2.06. The Balaban J connectivity index is 2.22. The molecule has 0 aliphatic rings. The zero-order valence-corrected chi connectivity index (χ0v) is 13.0. The third-order valence-corrected chi connectivity index (χ3v) is 4.78. The molecule has 0 radical (unpaired) electrons. The first-order valence-corrected chi connectivity index (χ1v) is 7.53. The minimum absolute atomic E-state index is 0.0517. The highest BCUT2D eigenvalue weighted by atomic mass is 79.9. The van der Waals surface area contributed by atoms with Crippen LogP contribution in [0, 0.1) is 0 Å². The van der Waals surface area contributed by atoms with Crippen molar-refractivity contribution in [1.29, 1.82) is 0 Å². The van der Waals surface area contributed by atoms with Gasteiger partial charge in [-0.05, 0) is 64.8 Å². The molecule has 0 aliphatic carbocycles. The van der Waals surface area contributed by atoms with Gasteiger partial charge in [0.05, 0.1) is 0 Å². The quantitative estimate of drug-likeness (QED) is 0.822. The van der Waals surface area contributed by atoms with Gasteiger partial charge >= 0.3 is 0 Å². The van der Waals surface area contributed by atoms with Gasteiger partial charge in [0.2, 0.25) is 0 Å². The van der Waals surface area contributed by atoms with Gasteiger partial charge in [-0.25, -0.2) is 0 Å². The van der Waals surface area contributed by atoms with Crippen molar-refractivity contribution < 1.29 is 0 Å². The van der Waals surface area contributed by atoms with E-state index in [1.807, 2.05) is 31.2 Å². The highest BCUT2D eigenvalue weighted by molar-refractivity contribution is 9.10. The van der Waals surface area contributed by atoms with Crippen LogP contribution in [0.5, 0.6) is 0 Å². The Bertz CT molecular complexity index is 540. The molecule has 2 aromatic rings. The molecule has 1 atom stereocenters. The lowest BCUT2D eigenvalue weighted by atomic mass is 10.1. The number of rotatable bonds is 3. The first-order chi connectivity index (χ1) is 8.56. The van der Waals surface area contributed by atoms with E-state index in [2.05, 4.69) is 34.1 Å². The van der Waals surface area contributed by atoms with E-state index in [0.717, 1.165) is 20.0 Å². The van der Waals surface area contributed by atoms with Crippen molar-refractivity contribution in [2.75, 3.05) is 0 Å². The number of hydrogen-bond acceptors (Lipinski definition) is 2. The largest absolute Gasteiger partial charge is 0.324 e. The normalized spacial score (nSPS) is 12.4. The molecule has 2 aromatic carbocycles. The Morgan fingerprint density at radius 3 is 2.39 bits per heavy atom. The fourth-order valence-corrected chi connectivity index (χ4v) is 3.10.